The molecule has 0 saturated carbocycles. The van der Waals surface area contributed by atoms with Gasteiger partial charge in [-0.05, 0) is 6.42 Å². The fourth-order valence-electron chi connectivity index (χ4n) is 0.499. The first-order valence-electron chi connectivity index (χ1n) is 3.75. The minimum absolute atomic E-state index is 0. The van der Waals surface area contributed by atoms with Crippen molar-refractivity contribution in [2.75, 3.05) is 13.2 Å². The first-order valence-corrected chi connectivity index (χ1v) is 3.75. The SMILES string of the molecule is CCCCOC(=O)[C@@H](N)CO.Cl. The highest BCUT2D eigenvalue weighted by Crippen LogP contribution is 1.90. The Balaban J connectivity index is 0. The van der Waals surface area contributed by atoms with E-state index in [0.29, 0.717) is 6.61 Å². The monoisotopic (exact) mass is 197 g/mol. The number of hydrogen-bond donors (Lipinski definition) is 2. The second kappa shape index (κ2) is 8.77. The van der Waals surface area contributed by atoms with Gasteiger partial charge in [-0.3, -0.25) is 4.79 Å². The molecule has 0 amide bonds. The molecule has 5 heteroatoms. The Labute approximate surface area is 78.5 Å². The summed E-state index contributed by atoms with van der Waals surface area (Å²) >= 11 is 0. The number of carbonyl (C=O) groups is 1. The molecule has 0 heterocycles. The van der Waals surface area contributed by atoms with E-state index in [4.69, 9.17) is 15.6 Å². The number of unbranched alkanes of at least 4 members (excludes halogenated alkanes) is 1. The van der Waals surface area contributed by atoms with E-state index in [-0.39, 0.29) is 19.0 Å². The van der Waals surface area contributed by atoms with Crippen molar-refractivity contribution in [2.24, 2.45) is 5.73 Å². The second-order valence-corrected chi connectivity index (χ2v) is 2.31. The summed E-state index contributed by atoms with van der Waals surface area (Å²) in [6.07, 6.45) is 1.81. The average molecular weight is 198 g/mol. The zero-order chi connectivity index (χ0) is 8.69. The molecule has 0 unspecified atom stereocenters. The van der Waals surface area contributed by atoms with Gasteiger partial charge in [-0.25, -0.2) is 0 Å². The third kappa shape index (κ3) is 6.39. The Morgan fingerprint density at radius 2 is 2.25 bits per heavy atom. The summed E-state index contributed by atoms with van der Waals surface area (Å²) < 4.78 is 4.71. The maximum absolute atomic E-state index is 10.7. The standard InChI is InChI=1S/C7H15NO3.ClH/c1-2-3-4-11-7(10)6(8)5-9;/h6,9H,2-5,8H2,1H3;1H/t6-;/m0./s1. The predicted octanol–water partition coefficient (Wildman–Crippen LogP) is 0.0711. The van der Waals surface area contributed by atoms with Crippen LogP contribution >= 0.6 is 12.4 Å². The third-order valence-corrected chi connectivity index (χ3v) is 1.24. The van der Waals surface area contributed by atoms with Gasteiger partial charge < -0.3 is 15.6 Å². The molecule has 0 aromatic rings. The van der Waals surface area contributed by atoms with E-state index < -0.39 is 12.0 Å². The predicted molar refractivity (Wildman–Crippen MR) is 48.2 cm³/mol. The second-order valence-electron chi connectivity index (χ2n) is 2.31. The summed E-state index contributed by atoms with van der Waals surface area (Å²) in [6.45, 7) is 2.04. The van der Waals surface area contributed by atoms with Gasteiger partial charge in [-0.1, -0.05) is 13.3 Å². The van der Waals surface area contributed by atoms with Gasteiger partial charge in [0, 0.05) is 0 Å². The molecule has 0 aromatic carbocycles. The molecule has 74 valence electrons. The lowest BCUT2D eigenvalue weighted by molar-refractivity contribution is -0.146. The summed E-state index contributed by atoms with van der Waals surface area (Å²) in [5.74, 6) is -0.527. The van der Waals surface area contributed by atoms with Crippen molar-refractivity contribution in [1.82, 2.24) is 0 Å². The van der Waals surface area contributed by atoms with Gasteiger partial charge in [0.1, 0.15) is 6.04 Å². The van der Waals surface area contributed by atoms with Crippen molar-refractivity contribution >= 4 is 18.4 Å². The molecule has 4 nitrogen and oxygen atoms in total. The van der Waals surface area contributed by atoms with Crippen molar-refractivity contribution in [3.8, 4) is 0 Å². The summed E-state index contributed by atoms with van der Waals surface area (Å²) in [5.41, 5.74) is 5.17. The van der Waals surface area contributed by atoms with E-state index in [2.05, 4.69) is 0 Å². The molecule has 0 aliphatic rings. The number of aliphatic hydroxyl groups is 1. The molecule has 0 radical (unpaired) electrons. The first kappa shape index (κ1) is 14.2. The molecule has 1 atom stereocenters. The Morgan fingerprint density at radius 3 is 2.67 bits per heavy atom. The number of esters is 1. The number of carbonyl (C=O) groups excluding carboxylic acids is 1. The topological polar surface area (TPSA) is 72.5 Å². The van der Waals surface area contributed by atoms with Crippen LogP contribution in [0.4, 0.5) is 0 Å². The van der Waals surface area contributed by atoms with Crippen molar-refractivity contribution < 1.29 is 14.6 Å². The van der Waals surface area contributed by atoms with Gasteiger partial charge in [0.05, 0.1) is 13.2 Å². The van der Waals surface area contributed by atoms with Crippen molar-refractivity contribution in [3.63, 3.8) is 0 Å². The number of rotatable bonds is 5. The molecule has 0 bridgehead atoms. The molecule has 0 saturated heterocycles. The number of nitrogens with two attached hydrogens (primary N) is 1. The van der Waals surface area contributed by atoms with E-state index in [1.807, 2.05) is 6.92 Å². The Morgan fingerprint density at radius 1 is 1.67 bits per heavy atom. The molecular formula is C7H16ClNO3. The van der Waals surface area contributed by atoms with E-state index >= 15 is 0 Å². The van der Waals surface area contributed by atoms with Gasteiger partial charge in [-0.2, -0.15) is 0 Å². The maximum atomic E-state index is 10.7. The first-order chi connectivity index (χ1) is 5.22. The van der Waals surface area contributed by atoms with Crippen molar-refractivity contribution in [3.05, 3.63) is 0 Å². The smallest absolute Gasteiger partial charge is 0.325 e. The van der Waals surface area contributed by atoms with Gasteiger partial charge in [-0.15, -0.1) is 12.4 Å². The molecule has 0 aliphatic carbocycles. The summed E-state index contributed by atoms with van der Waals surface area (Å²) in [5, 5.41) is 8.44. The van der Waals surface area contributed by atoms with Crippen LogP contribution in [0.15, 0.2) is 0 Å². The van der Waals surface area contributed by atoms with Crippen LogP contribution in [0, 0.1) is 0 Å². The number of halogens is 1. The molecular weight excluding hydrogens is 182 g/mol. The van der Waals surface area contributed by atoms with Crippen LogP contribution in [0.5, 0.6) is 0 Å². The molecule has 0 fully saturated rings. The normalized spacial score (nSPS) is 11.6. The molecule has 0 aliphatic heterocycles. The van der Waals surface area contributed by atoms with Gasteiger partial charge in [0.15, 0.2) is 0 Å². The number of hydrogen-bond acceptors (Lipinski definition) is 4. The summed E-state index contributed by atoms with van der Waals surface area (Å²) in [4.78, 5) is 10.7. The van der Waals surface area contributed by atoms with Gasteiger partial charge >= 0.3 is 5.97 Å². The van der Waals surface area contributed by atoms with Crippen LogP contribution < -0.4 is 5.73 Å². The summed E-state index contributed by atoms with van der Waals surface area (Å²) in [7, 11) is 0. The molecule has 0 spiro atoms. The minimum atomic E-state index is -0.883. The largest absolute Gasteiger partial charge is 0.464 e. The lowest BCUT2D eigenvalue weighted by atomic mass is 10.3. The Bertz CT molecular complexity index is 121. The van der Waals surface area contributed by atoms with Crippen LogP contribution in [0.1, 0.15) is 19.8 Å². The maximum Gasteiger partial charge on any atom is 0.325 e. The van der Waals surface area contributed by atoms with E-state index in [9.17, 15) is 4.79 Å². The van der Waals surface area contributed by atoms with E-state index in [1.54, 1.807) is 0 Å². The molecule has 12 heavy (non-hydrogen) atoms. The molecule has 0 rings (SSSR count). The van der Waals surface area contributed by atoms with Crippen LogP contribution in [0.3, 0.4) is 0 Å². The number of aliphatic hydroxyl groups excluding tert-OH is 1. The fourth-order valence-corrected chi connectivity index (χ4v) is 0.499. The highest BCUT2D eigenvalue weighted by Gasteiger charge is 2.12. The van der Waals surface area contributed by atoms with E-state index in [0.717, 1.165) is 12.8 Å². The van der Waals surface area contributed by atoms with Crippen molar-refractivity contribution in [1.29, 1.82) is 0 Å². The third-order valence-electron chi connectivity index (χ3n) is 1.24. The van der Waals surface area contributed by atoms with Crippen LogP contribution in [-0.2, 0) is 9.53 Å². The lowest BCUT2D eigenvalue weighted by Crippen LogP contribution is -2.35. The van der Waals surface area contributed by atoms with Crippen LogP contribution in [0.2, 0.25) is 0 Å². The number of ether oxygens (including phenoxy) is 1. The van der Waals surface area contributed by atoms with Gasteiger partial charge in [0.25, 0.3) is 0 Å². The lowest BCUT2D eigenvalue weighted by Gasteiger charge is -2.07. The van der Waals surface area contributed by atoms with Crippen molar-refractivity contribution in [2.45, 2.75) is 25.8 Å². The highest BCUT2D eigenvalue weighted by atomic mass is 35.5. The van der Waals surface area contributed by atoms with Crippen LogP contribution in [0.25, 0.3) is 0 Å². The molecule has 0 aromatic heterocycles. The van der Waals surface area contributed by atoms with Gasteiger partial charge in [0.2, 0.25) is 0 Å². The summed E-state index contributed by atoms with van der Waals surface area (Å²) in [6, 6.07) is -0.883. The molecule has 3 N–H and O–H groups in total. The van der Waals surface area contributed by atoms with E-state index in [1.165, 1.54) is 0 Å². The van der Waals surface area contributed by atoms with Crippen LogP contribution in [-0.4, -0.2) is 30.3 Å². The Kier molecular flexibility index (Phi) is 10.4. The average Bonchev–Trinajstić information content (AvgIpc) is 2.03. The minimum Gasteiger partial charge on any atom is -0.464 e. The zero-order valence-electron chi connectivity index (χ0n) is 7.16. The Hall–Kier alpha value is -0.320. The zero-order valence-corrected chi connectivity index (χ0v) is 7.97. The quantitative estimate of drug-likeness (QED) is 0.483. The fraction of sp³-hybridized carbons (Fsp3) is 0.857. The highest BCUT2D eigenvalue weighted by molar-refractivity contribution is 5.85.